The maximum Gasteiger partial charge on any atom is 0.248 e. The molecule has 3 aliphatic heterocycles. The van der Waals surface area contributed by atoms with Crippen molar-refractivity contribution in [3.05, 3.63) is 121 Å². The van der Waals surface area contributed by atoms with Crippen LogP contribution in [0.2, 0.25) is 0 Å². The monoisotopic (exact) mass is 754 g/mol. The molecule has 12 heteroatoms. The number of fused-ring (bicyclic) bond motifs is 2. The first-order valence-corrected chi connectivity index (χ1v) is 18.5. The summed E-state index contributed by atoms with van der Waals surface area (Å²) in [4.78, 5) is 49.9. The number of hydrogen-bond acceptors (Lipinski definition) is 7. The van der Waals surface area contributed by atoms with E-state index in [1.165, 1.54) is 0 Å². The van der Waals surface area contributed by atoms with Crippen molar-refractivity contribution in [1.82, 2.24) is 29.7 Å². The Hall–Kier alpha value is -4.26. The van der Waals surface area contributed by atoms with E-state index < -0.39 is 35.3 Å². The second-order valence-electron chi connectivity index (χ2n) is 13.1. The Bertz CT molecular complexity index is 1910. The summed E-state index contributed by atoms with van der Waals surface area (Å²) in [5.41, 5.74) is 3.16. The molecule has 0 radical (unpaired) electrons. The summed E-state index contributed by atoms with van der Waals surface area (Å²) in [5, 5.41) is 19.3. The highest BCUT2D eigenvalue weighted by molar-refractivity contribution is 9.09. The fourth-order valence-corrected chi connectivity index (χ4v) is 11.7. The van der Waals surface area contributed by atoms with Crippen molar-refractivity contribution >= 4 is 56.4 Å². The van der Waals surface area contributed by atoms with Gasteiger partial charge in [0.25, 0.3) is 0 Å². The summed E-state index contributed by atoms with van der Waals surface area (Å²) in [7, 11) is 0. The maximum absolute atomic E-state index is 15.2. The molecule has 3 saturated heterocycles. The van der Waals surface area contributed by atoms with Gasteiger partial charge < -0.3 is 19.8 Å². The molecule has 1 N–H and O–H groups in total. The number of carbonyl (C=O) groups is 3. The van der Waals surface area contributed by atoms with Gasteiger partial charge in [-0.2, -0.15) is 0 Å². The van der Waals surface area contributed by atoms with Crippen LogP contribution in [0.4, 0.5) is 0 Å². The molecule has 0 saturated carbocycles. The summed E-state index contributed by atoms with van der Waals surface area (Å²) in [5.74, 6) is -2.17. The van der Waals surface area contributed by atoms with Gasteiger partial charge in [0.05, 0.1) is 34.7 Å². The molecule has 3 unspecified atom stereocenters. The van der Waals surface area contributed by atoms with Crippen molar-refractivity contribution < 1.29 is 19.5 Å². The van der Waals surface area contributed by atoms with Gasteiger partial charge in [-0.15, -0.1) is 30.0 Å². The molecular formula is C38H39BrN6O4S. The number of para-hydroxylation sites is 1. The highest BCUT2D eigenvalue weighted by atomic mass is 79.9. The van der Waals surface area contributed by atoms with Crippen molar-refractivity contribution in [3.63, 3.8) is 0 Å². The number of aliphatic hydroxyl groups excluding tert-OH is 1. The summed E-state index contributed by atoms with van der Waals surface area (Å²) in [6.45, 7) is 8.42. The quantitative estimate of drug-likeness (QED) is 0.154. The molecule has 4 aromatic rings. The number of aliphatic hydroxyl groups is 1. The summed E-state index contributed by atoms with van der Waals surface area (Å²) in [6.07, 6.45) is 3.87. The molecule has 4 heterocycles. The number of aromatic nitrogens is 3. The van der Waals surface area contributed by atoms with Gasteiger partial charge in [-0.3, -0.25) is 14.4 Å². The van der Waals surface area contributed by atoms with E-state index in [0.717, 1.165) is 11.1 Å². The van der Waals surface area contributed by atoms with Crippen LogP contribution in [0.5, 0.6) is 0 Å². The Morgan fingerprint density at radius 1 is 0.980 bits per heavy atom. The molecule has 50 heavy (non-hydrogen) atoms. The molecule has 1 spiro atoms. The van der Waals surface area contributed by atoms with Crippen LogP contribution in [0, 0.1) is 11.8 Å². The van der Waals surface area contributed by atoms with E-state index in [2.05, 4.69) is 39.4 Å². The molecule has 2 bridgehead atoms. The predicted octanol–water partition coefficient (Wildman–Crippen LogP) is 4.82. The fraction of sp³-hybridized carbons (Fsp3) is 0.342. The lowest BCUT2D eigenvalue weighted by atomic mass is 9.70. The Kier molecular flexibility index (Phi) is 9.69. The minimum Gasteiger partial charge on any atom is -0.394 e. The smallest absolute Gasteiger partial charge is 0.248 e. The Morgan fingerprint density at radius 3 is 2.34 bits per heavy atom. The highest BCUT2D eigenvalue weighted by Gasteiger charge is 2.76. The Balaban J connectivity index is 1.31. The van der Waals surface area contributed by atoms with E-state index >= 15 is 9.59 Å². The lowest BCUT2D eigenvalue weighted by Gasteiger charge is -2.40. The van der Waals surface area contributed by atoms with Crippen molar-refractivity contribution in [2.24, 2.45) is 11.8 Å². The van der Waals surface area contributed by atoms with Gasteiger partial charge in [0.1, 0.15) is 18.2 Å². The molecule has 0 aliphatic carbocycles. The number of hydrogen-bond donors (Lipinski definition) is 1. The molecule has 3 fully saturated rings. The van der Waals surface area contributed by atoms with Gasteiger partial charge in [0.2, 0.25) is 17.7 Å². The zero-order valence-corrected chi connectivity index (χ0v) is 29.9. The van der Waals surface area contributed by atoms with Crippen molar-refractivity contribution in [3.8, 4) is 0 Å². The second-order valence-corrected chi connectivity index (χ2v) is 15.8. The zero-order chi connectivity index (χ0) is 35.0. The van der Waals surface area contributed by atoms with Gasteiger partial charge in [-0.25, -0.2) is 4.68 Å². The Morgan fingerprint density at radius 2 is 1.64 bits per heavy atom. The number of thioether (sulfide) groups is 1. The summed E-state index contributed by atoms with van der Waals surface area (Å²) in [6, 6.07) is 24.8. The average molecular weight is 756 g/mol. The third-order valence-electron chi connectivity index (χ3n) is 10.2. The van der Waals surface area contributed by atoms with Gasteiger partial charge >= 0.3 is 0 Å². The SMILES string of the molecule is C=CCN(Cn1nnc2ccccc21)C(=O)C1N([C@H](CO)c2ccccc2)C(=O)[C@@H]2[C@H](C(=O)N(CC=C)Cc3ccccc3)[C@H]3SC12CC3Br. The number of alkyl halides is 1. The van der Waals surface area contributed by atoms with Crippen LogP contribution >= 0.6 is 27.7 Å². The van der Waals surface area contributed by atoms with Crippen LogP contribution in [0.15, 0.2) is 110 Å². The molecule has 1 aromatic heterocycles. The molecule has 3 amide bonds. The van der Waals surface area contributed by atoms with E-state index in [4.69, 9.17) is 0 Å². The minimum atomic E-state index is -0.970. The maximum atomic E-state index is 15.2. The van der Waals surface area contributed by atoms with Crippen LogP contribution < -0.4 is 0 Å². The van der Waals surface area contributed by atoms with Crippen LogP contribution in [0.1, 0.15) is 23.6 Å². The standard InChI is InChI=1S/C38H39BrN6O4S/c1-3-19-42(22-25-13-7-5-8-14-25)35(47)31-32-36(48)45(30(23-46)26-15-9-6-10-16-26)34(38(32)21-27(39)33(31)50-38)37(49)43(20-4-2)24-44-29-18-12-11-17-28(29)40-41-44/h3-18,27,30-34,46H,1-2,19-24H2/t27?,30-,31+,32+,33+,34?,38?/m1/s1. The first-order valence-electron chi connectivity index (χ1n) is 16.7. The van der Waals surface area contributed by atoms with Crippen LogP contribution in [0.25, 0.3) is 11.0 Å². The lowest BCUT2D eigenvalue weighted by molar-refractivity contribution is -0.147. The number of likely N-dealkylation sites (tertiary alicyclic amines) is 1. The number of halogens is 1. The van der Waals surface area contributed by atoms with E-state index in [-0.39, 0.29) is 41.0 Å². The zero-order valence-electron chi connectivity index (χ0n) is 27.5. The third kappa shape index (κ3) is 5.76. The number of nitrogens with zero attached hydrogens (tertiary/aromatic N) is 6. The number of benzene rings is 3. The largest absolute Gasteiger partial charge is 0.394 e. The molecule has 7 atom stereocenters. The van der Waals surface area contributed by atoms with Crippen LogP contribution in [0.3, 0.4) is 0 Å². The first-order chi connectivity index (χ1) is 24.3. The molecule has 258 valence electrons. The number of carbonyl (C=O) groups excluding carboxylic acids is 3. The van der Waals surface area contributed by atoms with E-state index in [1.807, 2.05) is 84.9 Å². The van der Waals surface area contributed by atoms with Crippen LogP contribution in [-0.4, -0.2) is 93.1 Å². The molecular weight excluding hydrogens is 716 g/mol. The summed E-state index contributed by atoms with van der Waals surface area (Å²) >= 11 is 5.47. The molecule has 3 aliphatic rings. The second kappa shape index (κ2) is 14.2. The topological polar surface area (TPSA) is 112 Å². The average Bonchev–Trinajstić information content (AvgIpc) is 3.86. The molecule has 3 aromatic carbocycles. The van der Waals surface area contributed by atoms with E-state index in [9.17, 15) is 9.90 Å². The lowest BCUT2D eigenvalue weighted by Crippen LogP contribution is -2.56. The van der Waals surface area contributed by atoms with E-state index in [1.54, 1.807) is 43.3 Å². The number of amides is 3. The fourth-order valence-electron chi connectivity index (χ4n) is 8.13. The predicted molar refractivity (Wildman–Crippen MR) is 197 cm³/mol. The van der Waals surface area contributed by atoms with Crippen molar-refractivity contribution in [1.29, 1.82) is 0 Å². The van der Waals surface area contributed by atoms with Crippen LogP contribution in [-0.2, 0) is 27.6 Å². The summed E-state index contributed by atoms with van der Waals surface area (Å²) < 4.78 is 0.745. The van der Waals surface area contributed by atoms with Crippen molar-refractivity contribution in [2.75, 3.05) is 19.7 Å². The van der Waals surface area contributed by atoms with Gasteiger partial charge in [-0.05, 0) is 29.7 Å². The van der Waals surface area contributed by atoms with Gasteiger partial charge in [0, 0.05) is 29.7 Å². The molecule has 7 rings (SSSR count). The third-order valence-corrected chi connectivity index (χ3v) is 13.4. The number of rotatable bonds is 13. The normalized spacial score (nSPS) is 25.8. The minimum absolute atomic E-state index is 0.0815. The first kappa shape index (κ1) is 34.2. The highest BCUT2D eigenvalue weighted by Crippen LogP contribution is 2.68. The van der Waals surface area contributed by atoms with E-state index in [0.29, 0.717) is 30.6 Å². The van der Waals surface area contributed by atoms with Gasteiger partial charge in [0.15, 0.2) is 0 Å². The molecule has 10 nitrogen and oxygen atoms in total. The van der Waals surface area contributed by atoms with Gasteiger partial charge in [-0.1, -0.05) is 106 Å². The van der Waals surface area contributed by atoms with Crippen molar-refractivity contribution in [2.45, 2.75) is 46.5 Å². The Labute approximate surface area is 303 Å².